The molecular formula is C15H20BrClOS. The Morgan fingerprint density at radius 1 is 1.32 bits per heavy atom. The van der Waals surface area contributed by atoms with Gasteiger partial charge in [-0.3, -0.25) is 4.79 Å². The fourth-order valence-corrected chi connectivity index (χ4v) is 4.61. The van der Waals surface area contributed by atoms with E-state index in [-0.39, 0.29) is 11.7 Å². The summed E-state index contributed by atoms with van der Waals surface area (Å²) in [6.45, 7) is 6.90. The molecule has 0 aromatic carbocycles. The molecule has 19 heavy (non-hydrogen) atoms. The molecular weight excluding hydrogens is 344 g/mol. The molecule has 1 nitrogen and oxygen atoms in total. The van der Waals surface area contributed by atoms with Crippen molar-refractivity contribution in [3.8, 4) is 0 Å². The van der Waals surface area contributed by atoms with Crippen molar-refractivity contribution in [2.75, 3.05) is 0 Å². The van der Waals surface area contributed by atoms with E-state index in [1.807, 2.05) is 6.07 Å². The van der Waals surface area contributed by atoms with Crippen LogP contribution < -0.4 is 0 Å². The van der Waals surface area contributed by atoms with Crippen LogP contribution in [0.1, 0.15) is 56.1 Å². The molecule has 106 valence electrons. The topological polar surface area (TPSA) is 17.1 Å². The average Bonchev–Trinajstić information content (AvgIpc) is 2.68. The Balaban J connectivity index is 2.00. The maximum atomic E-state index is 12.5. The minimum Gasteiger partial charge on any atom is -0.293 e. The van der Waals surface area contributed by atoms with E-state index in [1.165, 1.54) is 24.2 Å². The Labute approximate surface area is 132 Å². The van der Waals surface area contributed by atoms with Gasteiger partial charge in [0.1, 0.15) is 4.34 Å². The number of ketones is 1. The molecule has 0 unspecified atom stereocenters. The molecule has 1 aromatic rings. The lowest BCUT2D eigenvalue weighted by Crippen LogP contribution is -2.28. The summed E-state index contributed by atoms with van der Waals surface area (Å²) in [6.07, 6.45) is 4.38. The van der Waals surface area contributed by atoms with Gasteiger partial charge in [0.05, 0.1) is 4.88 Å². The minimum absolute atomic E-state index is 0.195. The van der Waals surface area contributed by atoms with Gasteiger partial charge in [-0.25, -0.2) is 0 Å². The van der Waals surface area contributed by atoms with Gasteiger partial charge in [-0.15, -0.1) is 11.3 Å². The summed E-state index contributed by atoms with van der Waals surface area (Å²) >= 11 is 10.8. The van der Waals surface area contributed by atoms with Crippen LogP contribution in [-0.2, 0) is 0 Å². The first-order chi connectivity index (χ1) is 8.79. The van der Waals surface area contributed by atoms with Crippen molar-refractivity contribution in [1.29, 1.82) is 0 Å². The zero-order valence-corrected chi connectivity index (χ0v) is 14.8. The predicted molar refractivity (Wildman–Crippen MR) is 86.3 cm³/mol. The third-order valence-corrected chi connectivity index (χ3v) is 6.70. The molecule has 0 bridgehead atoms. The van der Waals surface area contributed by atoms with Gasteiger partial charge in [0.2, 0.25) is 0 Å². The molecule has 1 saturated carbocycles. The van der Waals surface area contributed by atoms with Crippen molar-refractivity contribution in [2.24, 2.45) is 17.3 Å². The number of hydrogen-bond acceptors (Lipinski definition) is 2. The molecule has 1 aliphatic rings. The molecule has 0 aliphatic heterocycles. The van der Waals surface area contributed by atoms with E-state index in [4.69, 9.17) is 11.6 Å². The summed E-state index contributed by atoms with van der Waals surface area (Å²) in [5.74, 6) is 1.22. The molecule has 0 N–H and O–H groups in total. The van der Waals surface area contributed by atoms with E-state index in [2.05, 4.69) is 36.7 Å². The Bertz CT molecular complexity index is 447. The van der Waals surface area contributed by atoms with Crippen molar-refractivity contribution in [3.63, 3.8) is 0 Å². The van der Waals surface area contributed by atoms with Crippen molar-refractivity contribution in [1.82, 2.24) is 0 Å². The molecule has 4 heteroatoms. The Morgan fingerprint density at radius 2 is 1.89 bits per heavy atom. The smallest absolute Gasteiger partial charge is 0.175 e. The highest BCUT2D eigenvalue weighted by Crippen LogP contribution is 2.42. The highest BCUT2D eigenvalue weighted by atomic mass is 79.9. The maximum absolute atomic E-state index is 12.5. The van der Waals surface area contributed by atoms with Gasteiger partial charge >= 0.3 is 0 Å². The van der Waals surface area contributed by atoms with Crippen molar-refractivity contribution >= 4 is 44.7 Å². The maximum Gasteiger partial charge on any atom is 0.175 e. The number of carbonyl (C=O) groups excluding carboxylic acids is 1. The van der Waals surface area contributed by atoms with Gasteiger partial charge in [-0.2, -0.15) is 0 Å². The minimum atomic E-state index is 0.195. The Hall–Kier alpha value is 0.140. The van der Waals surface area contributed by atoms with E-state index in [0.717, 1.165) is 28.1 Å². The number of hydrogen-bond donors (Lipinski definition) is 0. The summed E-state index contributed by atoms with van der Waals surface area (Å²) < 4.78 is 1.51. The number of thiophene rings is 1. The fourth-order valence-electron chi connectivity index (χ4n) is 2.89. The lowest BCUT2D eigenvalue weighted by atomic mass is 9.69. The van der Waals surface area contributed by atoms with Crippen LogP contribution in [0.4, 0.5) is 0 Å². The van der Waals surface area contributed by atoms with Gasteiger partial charge in [-0.1, -0.05) is 32.4 Å². The SMILES string of the molecule is CC(C)(C)C1CCC(C(=O)c2cc(Br)c(Cl)s2)CC1. The summed E-state index contributed by atoms with van der Waals surface area (Å²) in [4.78, 5) is 13.3. The van der Waals surface area contributed by atoms with Crippen LogP contribution in [0, 0.1) is 17.3 Å². The van der Waals surface area contributed by atoms with Crippen LogP contribution in [0.15, 0.2) is 10.5 Å². The molecule has 1 fully saturated rings. The predicted octanol–water partition coefficient (Wildman–Crippen LogP) is 6.20. The zero-order valence-electron chi connectivity index (χ0n) is 11.6. The Morgan fingerprint density at radius 3 is 2.32 bits per heavy atom. The molecule has 0 amide bonds. The van der Waals surface area contributed by atoms with E-state index < -0.39 is 0 Å². The van der Waals surface area contributed by atoms with Gasteiger partial charge in [0, 0.05) is 10.4 Å². The first kappa shape index (κ1) is 15.5. The molecule has 0 saturated heterocycles. The van der Waals surface area contributed by atoms with Crippen LogP contribution in [-0.4, -0.2) is 5.78 Å². The van der Waals surface area contributed by atoms with Gasteiger partial charge in [0.25, 0.3) is 0 Å². The Kier molecular flexibility index (Phi) is 4.79. The van der Waals surface area contributed by atoms with E-state index in [9.17, 15) is 4.79 Å². The first-order valence-corrected chi connectivity index (χ1v) is 8.77. The number of carbonyl (C=O) groups is 1. The van der Waals surface area contributed by atoms with E-state index >= 15 is 0 Å². The standard InChI is InChI=1S/C15H20BrClOS/c1-15(2,3)10-6-4-9(5-7-10)13(18)12-8-11(16)14(17)19-12/h8-10H,4-7H2,1-3H3. The van der Waals surface area contributed by atoms with Crippen LogP contribution in [0.5, 0.6) is 0 Å². The molecule has 1 heterocycles. The number of halogens is 2. The summed E-state index contributed by atoms with van der Waals surface area (Å²) in [5, 5.41) is 0. The van der Waals surface area contributed by atoms with Crippen molar-refractivity contribution in [2.45, 2.75) is 46.5 Å². The monoisotopic (exact) mass is 362 g/mol. The highest BCUT2D eigenvalue weighted by Gasteiger charge is 2.33. The molecule has 0 radical (unpaired) electrons. The molecule has 2 rings (SSSR count). The summed E-state index contributed by atoms with van der Waals surface area (Å²) in [7, 11) is 0. The van der Waals surface area contributed by atoms with Gasteiger partial charge < -0.3 is 0 Å². The van der Waals surface area contributed by atoms with Gasteiger partial charge in [0.15, 0.2) is 5.78 Å². The highest BCUT2D eigenvalue weighted by molar-refractivity contribution is 9.10. The number of Topliss-reactive ketones (excluding diaryl/α,β-unsaturated/α-hetero) is 1. The van der Waals surface area contributed by atoms with Gasteiger partial charge in [-0.05, 0) is 59.0 Å². The lowest BCUT2D eigenvalue weighted by Gasteiger charge is -2.36. The second-order valence-corrected chi connectivity index (χ2v) is 9.02. The molecule has 0 atom stereocenters. The zero-order chi connectivity index (χ0) is 14.2. The molecule has 1 aromatic heterocycles. The van der Waals surface area contributed by atoms with Crippen LogP contribution in [0.25, 0.3) is 0 Å². The summed E-state index contributed by atoms with van der Waals surface area (Å²) in [5.41, 5.74) is 0.364. The van der Waals surface area contributed by atoms with E-state index in [1.54, 1.807) is 0 Å². The molecule has 1 aliphatic carbocycles. The fraction of sp³-hybridized carbons (Fsp3) is 0.667. The van der Waals surface area contributed by atoms with Crippen LogP contribution in [0.3, 0.4) is 0 Å². The van der Waals surface area contributed by atoms with Crippen molar-refractivity contribution in [3.05, 3.63) is 19.8 Å². The lowest BCUT2D eigenvalue weighted by molar-refractivity contribution is 0.0823. The first-order valence-electron chi connectivity index (χ1n) is 6.78. The van der Waals surface area contributed by atoms with Crippen molar-refractivity contribution < 1.29 is 4.79 Å². The third-order valence-electron chi connectivity index (χ3n) is 4.21. The summed E-state index contributed by atoms with van der Waals surface area (Å²) in [6, 6.07) is 1.87. The van der Waals surface area contributed by atoms with E-state index in [0.29, 0.717) is 9.75 Å². The largest absolute Gasteiger partial charge is 0.293 e. The quantitative estimate of drug-likeness (QED) is 0.572. The third kappa shape index (κ3) is 3.62. The second kappa shape index (κ2) is 5.87. The molecule has 0 spiro atoms. The van der Waals surface area contributed by atoms with Crippen LogP contribution in [0.2, 0.25) is 4.34 Å². The second-order valence-electron chi connectivity index (χ2n) is 6.51. The van der Waals surface area contributed by atoms with Crippen LogP contribution >= 0.6 is 38.9 Å². The normalized spacial score (nSPS) is 24.5. The average molecular weight is 364 g/mol. The number of rotatable bonds is 2.